The van der Waals surface area contributed by atoms with E-state index in [1.807, 2.05) is 4.90 Å². The van der Waals surface area contributed by atoms with E-state index >= 15 is 0 Å². The van der Waals surface area contributed by atoms with Crippen molar-refractivity contribution in [1.82, 2.24) is 4.98 Å². The minimum absolute atomic E-state index is 0.0146. The summed E-state index contributed by atoms with van der Waals surface area (Å²) in [5.74, 6) is -0.547. The fourth-order valence-electron chi connectivity index (χ4n) is 2.99. The third kappa shape index (κ3) is 1.61. The monoisotopic (exact) mass is 272 g/mol. The lowest BCUT2D eigenvalue weighted by Gasteiger charge is -2.46. The van der Waals surface area contributed by atoms with Crippen LogP contribution in [0.4, 0.5) is 6.01 Å². The molecule has 0 aliphatic carbocycles. The highest BCUT2D eigenvalue weighted by Gasteiger charge is 2.48. The molecule has 0 saturated carbocycles. The summed E-state index contributed by atoms with van der Waals surface area (Å²) in [7, 11) is 0. The standard InChI is InChI=1S/C14H14N3O3/c15-12(18)9-3-1-4-10-11(9)16-13(20-10)17-7-14(8-17)5-2-6-19-14/h1,4H,2,5-8H2,(H2,15,18). The largest absolute Gasteiger partial charge is 0.423 e. The van der Waals surface area contributed by atoms with E-state index in [2.05, 4.69) is 11.1 Å². The van der Waals surface area contributed by atoms with Gasteiger partial charge in [-0.1, -0.05) is 0 Å². The number of benzene rings is 1. The van der Waals surface area contributed by atoms with Crippen LogP contribution in [0.5, 0.6) is 0 Å². The number of primary amides is 1. The van der Waals surface area contributed by atoms with Gasteiger partial charge in [0, 0.05) is 6.61 Å². The number of ether oxygens (including phenoxy) is 1. The van der Waals surface area contributed by atoms with Crippen molar-refractivity contribution >= 4 is 23.0 Å². The molecule has 6 heteroatoms. The molecule has 1 aromatic heterocycles. The van der Waals surface area contributed by atoms with Crippen molar-refractivity contribution in [2.24, 2.45) is 5.73 Å². The number of aromatic nitrogens is 1. The first-order chi connectivity index (χ1) is 9.67. The highest BCUT2D eigenvalue weighted by atomic mass is 16.5. The average molecular weight is 272 g/mol. The molecule has 2 fully saturated rings. The molecule has 4 rings (SSSR count). The highest BCUT2D eigenvalue weighted by Crippen LogP contribution is 2.38. The van der Waals surface area contributed by atoms with Crippen molar-refractivity contribution in [3.05, 3.63) is 23.8 Å². The molecule has 1 aromatic carbocycles. The van der Waals surface area contributed by atoms with Gasteiger partial charge in [0.05, 0.1) is 18.7 Å². The Balaban J connectivity index is 1.65. The molecule has 2 aromatic rings. The predicted molar refractivity (Wildman–Crippen MR) is 71.5 cm³/mol. The Morgan fingerprint density at radius 3 is 3.05 bits per heavy atom. The molecule has 103 valence electrons. The quantitative estimate of drug-likeness (QED) is 0.885. The molecule has 2 saturated heterocycles. The number of fused-ring (bicyclic) bond motifs is 1. The summed E-state index contributed by atoms with van der Waals surface area (Å²) in [6.45, 7) is 2.41. The maximum atomic E-state index is 11.4. The van der Waals surface area contributed by atoms with Gasteiger partial charge in [0.25, 0.3) is 11.9 Å². The molecule has 1 radical (unpaired) electrons. The summed E-state index contributed by atoms with van der Waals surface area (Å²) in [4.78, 5) is 17.8. The Bertz CT molecular complexity index is 680. The van der Waals surface area contributed by atoms with Gasteiger partial charge in [-0.25, -0.2) is 0 Å². The van der Waals surface area contributed by atoms with Gasteiger partial charge in [-0.15, -0.1) is 0 Å². The van der Waals surface area contributed by atoms with Crippen molar-refractivity contribution in [1.29, 1.82) is 0 Å². The van der Waals surface area contributed by atoms with Crippen molar-refractivity contribution in [2.45, 2.75) is 18.4 Å². The summed E-state index contributed by atoms with van der Waals surface area (Å²) >= 11 is 0. The van der Waals surface area contributed by atoms with Crippen LogP contribution in [0.2, 0.25) is 0 Å². The second-order valence-corrected chi connectivity index (χ2v) is 5.42. The van der Waals surface area contributed by atoms with Crippen LogP contribution >= 0.6 is 0 Å². The first-order valence-corrected chi connectivity index (χ1v) is 6.67. The minimum atomic E-state index is -0.547. The molecular weight excluding hydrogens is 258 g/mol. The van der Waals surface area contributed by atoms with Crippen LogP contribution in [0.15, 0.2) is 16.5 Å². The minimum Gasteiger partial charge on any atom is -0.423 e. The fourth-order valence-corrected chi connectivity index (χ4v) is 2.99. The lowest BCUT2D eigenvalue weighted by atomic mass is 9.91. The molecule has 0 bridgehead atoms. The molecule has 6 nitrogen and oxygen atoms in total. The van der Waals surface area contributed by atoms with Crippen LogP contribution in [0, 0.1) is 6.07 Å². The molecular formula is C14H14N3O3. The topological polar surface area (TPSA) is 81.6 Å². The van der Waals surface area contributed by atoms with Gasteiger partial charge < -0.3 is 19.8 Å². The molecule has 2 N–H and O–H groups in total. The van der Waals surface area contributed by atoms with Crippen molar-refractivity contribution in [2.75, 3.05) is 24.6 Å². The zero-order chi connectivity index (χ0) is 13.7. The Hall–Kier alpha value is -2.08. The van der Waals surface area contributed by atoms with Crippen LogP contribution in [-0.4, -0.2) is 36.2 Å². The number of hydrogen-bond donors (Lipinski definition) is 1. The third-order valence-corrected chi connectivity index (χ3v) is 4.00. The van der Waals surface area contributed by atoms with E-state index in [0.29, 0.717) is 17.1 Å². The lowest BCUT2D eigenvalue weighted by molar-refractivity contribution is -0.0201. The molecule has 2 aliphatic heterocycles. The first-order valence-electron chi connectivity index (χ1n) is 6.67. The van der Waals surface area contributed by atoms with Gasteiger partial charge in [0.2, 0.25) is 0 Å². The SMILES string of the molecule is NC(=O)c1[c]ccc2oc(N3CC4(CCCO4)C3)nc12. The van der Waals surface area contributed by atoms with E-state index < -0.39 is 5.91 Å². The lowest BCUT2D eigenvalue weighted by Crippen LogP contribution is -2.61. The van der Waals surface area contributed by atoms with Crippen molar-refractivity contribution in [3.63, 3.8) is 0 Å². The zero-order valence-electron chi connectivity index (χ0n) is 10.9. The van der Waals surface area contributed by atoms with E-state index in [4.69, 9.17) is 14.9 Å². The van der Waals surface area contributed by atoms with Crippen molar-refractivity contribution < 1.29 is 13.9 Å². The van der Waals surface area contributed by atoms with Crippen LogP contribution in [-0.2, 0) is 4.74 Å². The Morgan fingerprint density at radius 2 is 2.35 bits per heavy atom. The van der Waals surface area contributed by atoms with Gasteiger partial charge in [-0.05, 0) is 31.0 Å². The van der Waals surface area contributed by atoms with Crippen LogP contribution in [0.25, 0.3) is 11.1 Å². The molecule has 1 amide bonds. The Morgan fingerprint density at radius 1 is 1.50 bits per heavy atom. The second-order valence-electron chi connectivity index (χ2n) is 5.42. The van der Waals surface area contributed by atoms with E-state index in [1.54, 1.807) is 12.1 Å². The number of anilines is 1. The second kappa shape index (κ2) is 3.96. The number of rotatable bonds is 2. The van der Waals surface area contributed by atoms with Gasteiger partial charge in [0.1, 0.15) is 11.1 Å². The van der Waals surface area contributed by atoms with E-state index in [9.17, 15) is 4.79 Å². The van der Waals surface area contributed by atoms with Crippen molar-refractivity contribution in [3.8, 4) is 0 Å². The first kappa shape index (κ1) is 11.7. The molecule has 0 atom stereocenters. The number of carbonyl (C=O) groups excluding carboxylic acids is 1. The van der Waals surface area contributed by atoms with E-state index in [0.717, 1.165) is 32.5 Å². The normalized spacial score (nSPS) is 20.5. The number of nitrogens with zero attached hydrogens (tertiary/aromatic N) is 2. The number of hydrogen-bond acceptors (Lipinski definition) is 5. The predicted octanol–water partition coefficient (Wildman–Crippen LogP) is 1.10. The Kier molecular flexibility index (Phi) is 2.32. The van der Waals surface area contributed by atoms with Crippen LogP contribution < -0.4 is 10.6 Å². The fraction of sp³-hybridized carbons (Fsp3) is 0.429. The molecule has 3 heterocycles. The average Bonchev–Trinajstić information content (AvgIpc) is 3.02. The van der Waals surface area contributed by atoms with Gasteiger partial charge in [0.15, 0.2) is 5.58 Å². The van der Waals surface area contributed by atoms with Gasteiger partial charge >= 0.3 is 0 Å². The van der Waals surface area contributed by atoms with Crippen LogP contribution in [0.3, 0.4) is 0 Å². The highest BCUT2D eigenvalue weighted by molar-refractivity contribution is 6.03. The van der Waals surface area contributed by atoms with Crippen LogP contribution in [0.1, 0.15) is 23.2 Å². The zero-order valence-corrected chi connectivity index (χ0v) is 10.9. The number of amides is 1. The molecule has 1 spiro atoms. The van der Waals surface area contributed by atoms with Gasteiger partial charge in [-0.3, -0.25) is 4.79 Å². The maximum absolute atomic E-state index is 11.4. The van der Waals surface area contributed by atoms with E-state index in [1.165, 1.54) is 0 Å². The smallest absolute Gasteiger partial charge is 0.298 e. The van der Waals surface area contributed by atoms with E-state index in [-0.39, 0.29) is 11.2 Å². The summed E-state index contributed by atoms with van der Waals surface area (Å²) in [5, 5.41) is 0. The molecule has 2 aliphatic rings. The third-order valence-electron chi connectivity index (χ3n) is 4.00. The summed E-state index contributed by atoms with van der Waals surface area (Å²) in [6.07, 6.45) is 2.20. The number of nitrogens with two attached hydrogens (primary N) is 1. The summed E-state index contributed by atoms with van der Waals surface area (Å²) < 4.78 is 11.5. The summed E-state index contributed by atoms with van der Waals surface area (Å²) in [5.41, 5.74) is 6.61. The number of carbonyl (C=O) groups is 1. The molecule has 20 heavy (non-hydrogen) atoms. The van der Waals surface area contributed by atoms with Gasteiger partial charge in [-0.2, -0.15) is 4.98 Å². The Labute approximate surface area is 115 Å². The maximum Gasteiger partial charge on any atom is 0.298 e. The number of oxazole rings is 1. The molecule has 0 unspecified atom stereocenters. The summed E-state index contributed by atoms with van der Waals surface area (Å²) in [6, 6.07) is 6.68.